The van der Waals surface area contributed by atoms with Gasteiger partial charge in [-0.3, -0.25) is 14.9 Å². The van der Waals surface area contributed by atoms with Crippen molar-refractivity contribution in [3.8, 4) is 0 Å². The second kappa shape index (κ2) is 6.21. The van der Waals surface area contributed by atoms with Gasteiger partial charge in [-0.25, -0.2) is 0 Å². The van der Waals surface area contributed by atoms with Crippen LogP contribution in [0.15, 0.2) is 22.7 Å². The predicted molar refractivity (Wildman–Crippen MR) is 78.0 cm³/mol. The van der Waals surface area contributed by atoms with Crippen LogP contribution in [-0.2, 0) is 4.79 Å². The van der Waals surface area contributed by atoms with Crippen molar-refractivity contribution >= 4 is 33.3 Å². The van der Waals surface area contributed by atoms with E-state index in [0.29, 0.717) is 16.7 Å². The van der Waals surface area contributed by atoms with Gasteiger partial charge in [-0.05, 0) is 31.4 Å². The zero-order valence-electron chi connectivity index (χ0n) is 10.8. The van der Waals surface area contributed by atoms with Crippen LogP contribution in [0.4, 0.5) is 11.4 Å². The minimum Gasteiger partial charge on any atom is -0.481 e. The molecule has 0 bridgehead atoms. The number of anilines is 1. The van der Waals surface area contributed by atoms with E-state index in [-0.39, 0.29) is 18.2 Å². The lowest BCUT2D eigenvalue weighted by Gasteiger charge is -2.36. The van der Waals surface area contributed by atoms with Crippen LogP contribution in [0.3, 0.4) is 0 Å². The van der Waals surface area contributed by atoms with Gasteiger partial charge in [0.25, 0.3) is 5.69 Å². The van der Waals surface area contributed by atoms with Crippen molar-refractivity contribution in [3.63, 3.8) is 0 Å². The molecular weight excluding hydrogens is 328 g/mol. The van der Waals surface area contributed by atoms with Crippen molar-refractivity contribution in [3.05, 3.63) is 32.8 Å². The highest BCUT2D eigenvalue weighted by Crippen LogP contribution is 2.35. The Morgan fingerprint density at radius 3 is 2.90 bits per heavy atom. The van der Waals surface area contributed by atoms with E-state index in [1.54, 1.807) is 12.1 Å². The zero-order valence-corrected chi connectivity index (χ0v) is 12.4. The first-order chi connectivity index (χ1) is 9.49. The molecule has 1 N–H and O–H groups in total. The molecule has 6 nitrogen and oxygen atoms in total. The van der Waals surface area contributed by atoms with Gasteiger partial charge < -0.3 is 10.0 Å². The van der Waals surface area contributed by atoms with Crippen LogP contribution in [0.1, 0.15) is 25.7 Å². The summed E-state index contributed by atoms with van der Waals surface area (Å²) in [5.41, 5.74) is 0.515. The van der Waals surface area contributed by atoms with Crippen molar-refractivity contribution in [1.29, 1.82) is 0 Å². The standard InChI is InChI=1S/C13H15BrN2O4/c14-9-4-5-11(12(7-9)16(19)20)15-6-2-1-3-10(15)8-13(17)18/h4-5,7,10H,1-3,6,8H2,(H,17,18). The van der Waals surface area contributed by atoms with Crippen LogP contribution in [0.25, 0.3) is 0 Å². The van der Waals surface area contributed by atoms with Crippen molar-refractivity contribution in [2.75, 3.05) is 11.4 Å². The summed E-state index contributed by atoms with van der Waals surface area (Å²) in [6, 6.07) is 4.71. The van der Waals surface area contributed by atoms with Gasteiger partial charge in [0.15, 0.2) is 0 Å². The number of carbonyl (C=O) groups is 1. The van der Waals surface area contributed by atoms with E-state index in [1.807, 2.05) is 4.90 Å². The van der Waals surface area contributed by atoms with Gasteiger partial charge >= 0.3 is 5.97 Å². The number of rotatable bonds is 4. The average Bonchev–Trinajstić information content (AvgIpc) is 2.39. The lowest BCUT2D eigenvalue weighted by molar-refractivity contribution is -0.384. The fourth-order valence-corrected chi connectivity index (χ4v) is 2.97. The van der Waals surface area contributed by atoms with Gasteiger partial charge in [0, 0.05) is 23.1 Å². The molecule has 1 aromatic rings. The number of benzene rings is 1. The molecule has 20 heavy (non-hydrogen) atoms. The van der Waals surface area contributed by atoms with Gasteiger partial charge in [0.2, 0.25) is 0 Å². The summed E-state index contributed by atoms with van der Waals surface area (Å²) in [6.45, 7) is 0.653. The third-order valence-corrected chi connectivity index (χ3v) is 3.97. The van der Waals surface area contributed by atoms with E-state index in [1.165, 1.54) is 6.07 Å². The molecule has 7 heteroatoms. The molecule has 0 aromatic heterocycles. The highest BCUT2D eigenvalue weighted by molar-refractivity contribution is 9.10. The van der Waals surface area contributed by atoms with Gasteiger partial charge in [-0.15, -0.1) is 0 Å². The topological polar surface area (TPSA) is 83.7 Å². The Kier molecular flexibility index (Phi) is 4.59. The maximum absolute atomic E-state index is 11.2. The average molecular weight is 343 g/mol. The van der Waals surface area contributed by atoms with Gasteiger partial charge in [0.1, 0.15) is 5.69 Å². The molecule has 1 unspecified atom stereocenters. The third-order valence-electron chi connectivity index (χ3n) is 3.48. The first kappa shape index (κ1) is 14.8. The fraction of sp³-hybridized carbons (Fsp3) is 0.462. The highest BCUT2D eigenvalue weighted by atomic mass is 79.9. The van der Waals surface area contributed by atoms with Gasteiger partial charge in [0.05, 0.1) is 11.3 Å². The van der Waals surface area contributed by atoms with E-state index in [0.717, 1.165) is 19.3 Å². The molecule has 1 aromatic carbocycles. The van der Waals surface area contributed by atoms with Crippen LogP contribution in [0, 0.1) is 10.1 Å². The monoisotopic (exact) mass is 342 g/mol. The first-order valence-electron chi connectivity index (χ1n) is 6.41. The number of nitro groups is 1. The molecule has 108 valence electrons. The highest BCUT2D eigenvalue weighted by Gasteiger charge is 2.29. The van der Waals surface area contributed by atoms with Gasteiger partial charge in [-0.2, -0.15) is 0 Å². The largest absolute Gasteiger partial charge is 0.481 e. The Bertz CT molecular complexity index is 535. The van der Waals surface area contributed by atoms with E-state index in [2.05, 4.69) is 15.9 Å². The normalized spacial score (nSPS) is 18.9. The second-order valence-electron chi connectivity index (χ2n) is 4.83. The van der Waals surface area contributed by atoms with Gasteiger partial charge in [-0.1, -0.05) is 15.9 Å². The Morgan fingerprint density at radius 1 is 1.50 bits per heavy atom. The predicted octanol–water partition coefficient (Wildman–Crippen LogP) is 3.19. The number of nitro benzene ring substituents is 1. The molecule has 2 rings (SSSR count). The van der Waals surface area contributed by atoms with Crippen LogP contribution in [-0.4, -0.2) is 28.6 Å². The minimum atomic E-state index is -0.873. The molecule has 0 aliphatic carbocycles. The van der Waals surface area contributed by atoms with E-state index >= 15 is 0 Å². The van der Waals surface area contributed by atoms with Crippen LogP contribution < -0.4 is 4.90 Å². The Morgan fingerprint density at radius 2 is 2.25 bits per heavy atom. The number of hydrogen-bond donors (Lipinski definition) is 1. The number of nitrogens with zero attached hydrogens (tertiary/aromatic N) is 2. The first-order valence-corrected chi connectivity index (χ1v) is 7.20. The van der Waals surface area contributed by atoms with Crippen molar-refractivity contribution in [2.24, 2.45) is 0 Å². The number of carboxylic acids is 1. The van der Waals surface area contributed by atoms with Crippen molar-refractivity contribution in [1.82, 2.24) is 0 Å². The second-order valence-corrected chi connectivity index (χ2v) is 5.75. The van der Waals surface area contributed by atoms with E-state index in [4.69, 9.17) is 5.11 Å². The smallest absolute Gasteiger partial charge is 0.305 e. The zero-order chi connectivity index (χ0) is 14.7. The Hall–Kier alpha value is -1.63. The summed E-state index contributed by atoms with van der Waals surface area (Å²) in [4.78, 5) is 23.6. The fourth-order valence-electron chi connectivity index (χ4n) is 2.62. The Balaban J connectivity index is 2.36. The molecule has 1 heterocycles. The molecule has 0 saturated carbocycles. The van der Waals surface area contributed by atoms with Crippen molar-refractivity contribution < 1.29 is 14.8 Å². The molecule has 1 saturated heterocycles. The van der Waals surface area contributed by atoms with E-state index < -0.39 is 10.9 Å². The number of halogens is 1. The summed E-state index contributed by atoms with van der Waals surface area (Å²) >= 11 is 3.23. The summed E-state index contributed by atoms with van der Waals surface area (Å²) in [6.07, 6.45) is 2.63. The summed E-state index contributed by atoms with van der Waals surface area (Å²) in [5, 5.41) is 20.2. The maximum Gasteiger partial charge on any atom is 0.305 e. The molecule has 0 radical (unpaired) electrons. The summed E-state index contributed by atoms with van der Waals surface area (Å²) < 4.78 is 0.639. The summed E-state index contributed by atoms with van der Waals surface area (Å²) in [7, 11) is 0. The van der Waals surface area contributed by atoms with Crippen molar-refractivity contribution in [2.45, 2.75) is 31.7 Å². The molecule has 1 atom stereocenters. The van der Waals surface area contributed by atoms with E-state index in [9.17, 15) is 14.9 Å². The molecule has 1 aliphatic rings. The molecule has 1 aliphatic heterocycles. The lowest BCUT2D eigenvalue weighted by Crippen LogP contribution is -2.41. The number of aliphatic carboxylic acids is 1. The molecular formula is C13H15BrN2O4. The summed E-state index contributed by atoms with van der Waals surface area (Å²) in [5.74, 6) is -0.873. The molecule has 0 amide bonds. The van der Waals surface area contributed by atoms with Crippen LogP contribution in [0.5, 0.6) is 0 Å². The molecule has 1 fully saturated rings. The lowest BCUT2D eigenvalue weighted by atomic mass is 9.98. The minimum absolute atomic E-state index is 0.00716. The van der Waals surface area contributed by atoms with Crippen LogP contribution >= 0.6 is 15.9 Å². The quantitative estimate of drug-likeness (QED) is 0.670. The number of hydrogen-bond acceptors (Lipinski definition) is 4. The maximum atomic E-state index is 11.2. The Labute approximate surface area is 124 Å². The number of piperidine rings is 1. The SMILES string of the molecule is O=C(O)CC1CCCCN1c1ccc(Br)cc1[N+](=O)[O-]. The third kappa shape index (κ3) is 3.27. The number of carboxylic acid groups (broad SMARTS) is 1. The van der Waals surface area contributed by atoms with Crippen LogP contribution in [0.2, 0.25) is 0 Å². The molecule has 0 spiro atoms.